The van der Waals surface area contributed by atoms with E-state index in [4.69, 9.17) is 0 Å². The molecular weight excluding hydrogens is 290 g/mol. The Morgan fingerprint density at radius 3 is 2.22 bits per heavy atom. The molecule has 5 heteroatoms. The van der Waals surface area contributed by atoms with Crippen molar-refractivity contribution in [3.63, 3.8) is 0 Å². The maximum atomic E-state index is 12.5. The van der Waals surface area contributed by atoms with E-state index < -0.39 is 0 Å². The molecular formula is C18H27N3O2. The van der Waals surface area contributed by atoms with Gasteiger partial charge < -0.3 is 15.1 Å². The van der Waals surface area contributed by atoms with Crippen molar-refractivity contribution in [1.82, 2.24) is 9.80 Å². The summed E-state index contributed by atoms with van der Waals surface area (Å²) in [5, 5.41) is 2.86. The van der Waals surface area contributed by atoms with E-state index in [2.05, 4.69) is 12.2 Å². The molecule has 0 atom stereocenters. The Hall–Kier alpha value is -2.04. The van der Waals surface area contributed by atoms with Gasteiger partial charge in [-0.3, -0.25) is 4.79 Å². The molecule has 5 nitrogen and oxygen atoms in total. The van der Waals surface area contributed by atoms with Crippen LogP contribution in [0.1, 0.15) is 44.0 Å². The number of rotatable bonds is 4. The van der Waals surface area contributed by atoms with Crippen LogP contribution in [0.2, 0.25) is 0 Å². The largest absolute Gasteiger partial charge is 0.339 e. The third-order valence-corrected chi connectivity index (χ3v) is 4.50. The van der Waals surface area contributed by atoms with Crippen LogP contribution in [0.3, 0.4) is 0 Å². The Kier molecular flexibility index (Phi) is 6.02. The van der Waals surface area contributed by atoms with Crippen molar-refractivity contribution in [1.29, 1.82) is 0 Å². The molecule has 1 N–H and O–H groups in total. The zero-order valence-electron chi connectivity index (χ0n) is 14.3. The van der Waals surface area contributed by atoms with E-state index in [1.54, 1.807) is 29.2 Å². The summed E-state index contributed by atoms with van der Waals surface area (Å²) in [5.74, 6) is 0.787. The average molecular weight is 317 g/mol. The second kappa shape index (κ2) is 7.99. The number of nitrogens with zero attached hydrogens (tertiary/aromatic N) is 2. The van der Waals surface area contributed by atoms with Crippen molar-refractivity contribution >= 4 is 17.6 Å². The first-order chi connectivity index (χ1) is 11.0. The molecule has 1 heterocycles. The number of benzene rings is 1. The first-order valence-electron chi connectivity index (χ1n) is 8.50. The first-order valence-corrected chi connectivity index (χ1v) is 8.50. The van der Waals surface area contributed by atoms with Crippen LogP contribution in [0.25, 0.3) is 0 Å². The van der Waals surface area contributed by atoms with Gasteiger partial charge in [0, 0.05) is 37.4 Å². The molecule has 0 aromatic heterocycles. The summed E-state index contributed by atoms with van der Waals surface area (Å²) in [6.07, 6.45) is 2.15. The summed E-state index contributed by atoms with van der Waals surface area (Å²) >= 11 is 0. The fraction of sp³-hybridized carbons (Fsp3) is 0.556. The van der Waals surface area contributed by atoms with Gasteiger partial charge in [-0.1, -0.05) is 6.92 Å². The van der Waals surface area contributed by atoms with E-state index >= 15 is 0 Å². The number of hydrogen-bond donors (Lipinski definition) is 1. The maximum absolute atomic E-state index is 12.5. The minimum atomic E-state index is -0.112. The van der Waals surface area contributed by atoms with Crippen LogP contribution in [-0.2, 0) is 0 Å². The molecule has 1 aromatic carbocycles. The topological polar surface area (TPSA) is 52.7 Å². The number of carbonyl (C=O) groups is 2. The third-order valence-electron chi connectivity index (χ3n) is 4.50. The lowest BCUT2D eigenvalue weighted by molar-refractivity contribution is 0.0697. The zero-order valence-corrected chi connectivity index (χ0v) is 14.3. The predicted octanol–water partition coefficient (Wildman–Crippen LogP) is 3.43. The Balaban J connectivity index is 1.96. The lowest BCUT2D eigenvalue weighted by Gasteiger charge is -2.30. The number of likely N-dealkylation sites (tertiary alicyclic amines) is 1. The van der Waals surface area contributed by atoms with Crippen LogP contribution in [0.5, 0.6) is 0 Å². The van der Waals surface area contributed by atoms with Crippen molar-refractivity contribution in [2.45, 2.75) is 33.6 Å². The molecule has 0 aliphatic carbocycles. The number of nitrogens with one attached hydrogen (secondary N) is 1. The molecule has 1 aliphatic heterocycles. The number of piperidine rings is 1. The van der Waals surface area contributed by atoms with Crippen LogP contribution in [0.4, 0.5) is 10.5 Å². The molecule has 3 amide bonds. The molecule has 1 saturated heterocycles. The first kappa shape index (κ1) is 17.3. The number of amides is 3. The molecule has 0 unspecified atom stereocenters. The summed E-state index contributed by atoms with van der Waals surface area (Å²) in [6.45, 7) is 9.14. The van der Waals surface area contributed by atoms with Gasteiger partial charge in [-0.25, -0.2) is 4.79 Å². The normalized spacial score (nSPS) is 15.3. The van der Waals surface area contributed by atoms with Gasteiger partial charge in [0.1, 0.15) is 0 Å². The predicted molar refractivity (Wildman–Crippen MR) is 92.7 cm³/mol. The maximum Gasteiger partial charge on any atom is 0.321 e. The third kappa shape index (κ3) is 4.47. The van der Waals surface area contributed by atoms with Crippen LogP contribution < -0.4 is 5.32 Å². The van der Waals surface area contributed by atoms with Gasteiger partial charge in [0.05, 0.1) is 0 Å². The van der Waals surface area contributed by atoms with E-state index in [1.807, 2.05) is 18.7 Å². The molecule has 0 spiro atoms. The van der Waals surface area contributed by atoms with Crippen molar-refractivity contribution in [3.8, 4) is 0 Å². The van der Waals surface area contributed by atoms with Gasteiger partial charge in [-0.15, -0.1) is 0 Å². The second-order valence-corrected chi connectivity index (χ2v) is 6.15. The standard InChI is InChI=1S/C18H27N3O2/c1-4-20(5-2)18(23)19-16-8-6-15(7-9-16)17(22)21-12-10-14(3)11-13-21/h6-9,14H,4-5,10-13H2,1-3H3,(H,19,23). The lowest BCUT2D eigenvalue weighted by Crippen LogP contribution is -2.37. The van der Waals surface area contributed by atoms with Crippen molar-refractivity contribution < 1.29 is 9.59 Å². The summed E-state index contributed by atoms with van der Waals surface area (Å²) in [4.78, 5) is 28.1. The lowest BCUT2D eigenvalue weighted by atomic mass is 9.98. The molecule has 126 valence electrons. The summed E-state index contributed by atoms with van der Waals surface area (Å²) in [5.41, 5.74) is 1.39. The number of anilines is 1. The van der Waals surface area contributed by atoms with E-state index in [0.29, 0.717) is 30.3 Å². The van der Waals surface area contributed by atoms with E-state index in [1.165, 1.54) is 0 Å². The van der Waals surface area contributed by atoms with Gasteiger partial charge in [0.25, 0.3) is 5.91 Å². The summed E-state index contributed by atoms with van der Waals surface area (Å²) in [6, 6.07) is 7.05. The SMILES string of the molecule is CCN(CC)C(=O)Nc1ccc(C(=O)N2CCC(C)CC2)cc1. The van der Waals surface area contributed by atoms with Gasteiger partial charge >= 0.3 is 6.03 Å². The fourth-order valence-electron chi connectivity index (χ4n) is 2.80. The van der Waals surface area contributed by atoms with E-state index in [-0.39, 0.29) is 11.9 Å². The molecule has 0 saturated carbocycles. The molecule has 1 aliphatic rings. The highest BCUT2D eigenvalue weighted by Crippen LogP contribution is 2.19. The van der Waals surface area contributed by atoms with Gasteiger partial charge in [0.15, 0.2) is 0 Å². The van der Waals surface area contributed by atoms with Gasteiger partial charge in [0.2, 0.25) is 0 Å². The fourth-order valence-corrected chi connectivity index (χ4v) is 2.80. The molecule has 1 fully saturated rings. The number of urea groups is 1. The van der Waals surface area contributed by atoms with Gasteiger partial charge in [-0.2, -0.15) is 0 Å². The molecule has 1 aromatic rings. The molecule has 2 rings (SSSR count). The smallest absolute Gasteiger partial charge is 0.321 e. The average Bonchev–Trinajstić information content (AvgIpc) is 2.57. The van der Waals surface area contributed by atoms with E-state index in [9.17, 15) is 9.59 Å². The Morgan fingerprint density at radius 1 is 1.13 bits per heavy atom. The second-order valence-electron chi connectivity index (χ2n) is 6.15. The number of hydrogen-bond acceptors (Lipinski definition) is 2. The molecule has 23 heavy (non-hydrogen) atoms. The van der Waals surface area contributed by atoms with E-state index in [0.717, 1.165) is 25.9 Å². The number of carbonyl (C=O) groups excluding carboxylic acids is 2. The van der Waals surface area contributed by atoms with Crippen LogP contribution in [-0.4, -0.2) is 47.9 Å². The Labute approximate surface area is 138 Å². The van der Waals surface area contributed by atoms with Crippen molar-refractivity contribution in [3.05, 3.63) is 29.8 Å². The highest BCUT2D eigenvalue weighted by molar-refractivity contribution is 5.95. The van der Waals surface area contributed by atoms with Crippen LogP contribution in [0.15, 0.2) is 24.3 Å². The minimum Gasteiger partial charge on any atom is -0.339 e. The molecule has 0 bridgehead atoms. The highest BCUT2D eigenvalue weighted by Gasteiger charge is 2.21. The van der Waals surface area contributed by atoms with Crippen LogP contribution >= 0.6 is 0 Å². The quantitative estimate of drug-likeness (QED) is 0.925. The summed E-state index contributed by atoms with van der Waals surface area (Å²) in [7, 11) is 0. The zero-order chi connectivity index (χ0) is 16.8. The van der Waals surface area contributed by atoms with Crippen molar-refractivity contribution in [2.75, 3.05) is 31.5 Å². The van der Waals surface area contributed by atoms with Crippen LogP contribution in [0, 0.1) is 5.92 Å². The Bertz CT molecular complexity index is 530. The summed E-state index contributed by atoms with van der Waals surface area (Å²) < 4.78 is 0. The highest BCUT2D eigenvalue weighted by atomic mass is 16.2. The minimum absolute atomic E-state index is 0.0820. The molecule has 0 radical (unpaired) electrons. The van der Waals surface area contributed by atoms with Crippen molar-refractivity contribution in [2.24, 2.45) is 5.92 Å². The van der Waals surface area contributed by atoms with Gasteiger partial charge in [-0.05, 0) is 56.9 Å². The Morgan fingerprint density at radius 2 is 1.70 bits per heavy atom. The monoisotopic (exact) mass is 317 g/mol.